The third kappa shape index (κ3) is 1.97. The van der Waals surface area contributed by atoms with E-state index >= 15 is 0 Å². The van der Waals surface area contributed by atoms with Crippen LogP contribution in [-0.2, 0) is 9.59 Å². The number of carboxylic acids is 2. The van der Waals surface area contributed by atoms with Gasteiger partial charge in [-0.2, -0.15) is 0 Å². The Morgan fingerprint density at radius 2 is 2.13 bits per heavy atom. The molecule has 4 nitrogen and oxygen atoms in total. The number of allylic oxidation sites excluding steroid dienone is 2. The molecule has 0 radical (unpaired) electrons. The molecule has 5 heteroatoms. The Hall–Kier alpha value is -1.10. The highest BCUT2D eigenvalue weighted by Crippen LogP contribution is 2.39. The number of alkyl halides is 1. The Kier molecular flexibility index (Phi) is 3.34. The number of carbonyl (C=O) groups is 2. The number of aliphatic carboxylic acids is 2. The SMILES string of the molecule is CC1(C(=O)O)C=CC=C(C(=O)O)C1CBr. The molecule has 15 heavy (non-hydrogen) atoms. The van der Waals surface area contributed by atoms with Crippen LogP contribution in [0.3, 0.4) is 0 Å². The van der Waals surface area contributed by atoms with E-state index in [0.717, 1.165) is 0 Å². The molecule has 0 aromatic carbocycles. The summed E-state index contributed by atoms with van der Waals surface area (Å²) in [6.07, 6.45) is 4.45. The van der Waals surface area contributed by atoms with Gasteiger partial charge in [-0.1, -0.05) is 34.2 Å². The maximum absolute atomic E-state index is 11.1. The van der Waals surface area contributed by atoms with Gasteiger partial charge in [-0.15, -0.1) is 0 Å². The largest absolute Gasteiger partial charge is 0.481 e. The van der Waals surface area contributed by atoms with Crippen molar-refractivity contribution in [3.63, 3.8) is 0 Å². The minimum Gasteiger partial charge on any atom is -0.481 e. The molecule has 0 fully saturated rings. The van der Waals surface area contributed by atoms with Crippen LogP contribution in [0.2, 0.25) is 0 Å². The van der Waals surface area contributed by atoms with Gasteiger partial charge in [0.1, 0.15) is 0 Å². The lowest BCUT2D eigenvalue weighted by Crippen LogP contribution is -2.39. The van der Waals surface area contributed by atoms with E-state index in [9.17, 15) is 9.59 Å². The zero-order valence-electron chi connectivity index (χ0n) is 8.11. The highest BCUT2D eigenvalue weighted by atomic mass is 79.9. The maximum Gasteiger partial charge on any atom is 0.331 e. The molecule has 0 heterocycles. The molecule has 0 saturated carbocycles. The number of halogens is 1. The van der Waals surface area contributed by atoms with Crippen LogP contribution in [0.25, 0.3) is 0 Å². The third-order valence-electron chi connectivity index (χ3n) is 2.68. The van der Waals surface area contributed by atoms with Crippen LogP contribution in [0.4, 0.5) is 0 Å². The van der Waals surface area contributed by atoms with Crippen molar-refractivity contribution in [3.8, 4) is 0 Å². The molecule has 1 aliphatic carbocycles. The van der Waals surface area contributed by atoms with E-state index in [1.807, 2.05) is 0 Å². The molecule has 1 aliphatic rings. The van der Waals surface area contributed by atoms with E-state index in [1.165, 1.54) is 25.2 Å². The summed E-state index contributed by atoms with van der Waals surface area (Å²) in [5.74, 6) is -2.65. The lowest BCUT2D eigenvalue weighted by molar-refractivity contribution is -0.147. The second kappa shape index (κ2) is 4.18. The molecule has 0 bridgehead atoms. The second-order valence-electron chi connectivity index (χ2n) is 3.58. The van der Waals surface area contributed by atoms with Gasteiger partial charge in [0.25, 0.3) is 0 Å². The van der Waals surface area contributed by atoms with Gasteiger partial charge in [0.2, 0.25) is 0 Å². The fourth-order valence-corrected chi connectivity index (χ4v) is 2.61. The minimum atomic E-state index is -1.16. The van der Waals surface area contributed by atoms with Gasteiger partial charge in [0, 0.05) is 16.8 Å². The van der Waals surface area contributed by atoms with Crippen LogP contribution in [0.1, 0.15) is 6.92 Å². The smallest absolute Gasteiger partial charge is 0.331 e. The lowest BCUT2D eigenvalue weighted by Gasteiger charge is -2.32. The average Bonchev–Trinajstić information content (AvgIpc) is 2.16. The Labute approximate surface area is 95.4 Å². The molecule has 1 rings (SSSR count). The summed E-state index contributed by atoms with van der Waals surface area (Å²) in [4.78, 5) is 22.0. The first-order chi connectivity index (χ1) is 6.93. The highest BCUT2D eigenvalue weighted by Gasteiger charge is 2.43. The molecule has 0 aromatic heterocycles. The van der Waals surface area contributed by atoms with Crippen LogP contribution < -0.4 is 0 Å². The summed E-state index contributed by atoms with van der Waals surface area (Å²) in [6, 6.07) is 0. The molecule has 0 saturated heterocycles. The van der Waals surface area contributed by atoms with E-state index in [0.29, 0.717) is 5.33 Å². The number of carboxylic acid groups (broad SMARTS) is 2. The Bertz CT molecular complexity index is 358. The van der Waals surface area contributed by atoms with E-state index in [2.05, 4.69) is 15.9 Å². The van der Waals surface area contributed by atoms with Crippen LogP contribution >= 0.6 is 15.9 Å². The van der Waals surface area contributed by atoms with Crippen molar-refractivity contribution in [2.75, 3.05) is 5.33 Å². The van der Waals surface area contributed by atoms with Gasteiger partial charge in [0.15, 0.2) is 0 Å². The summed E-state index contributed by atoms with van der Waals surface area (Å²) in [7, 11) is 0. The zero-order chi connectivity index (χ0) is 11.6. The van der Waals surface area contributed by atoms with Crippen LogP contribution in [0.5, 0.6) is 0 Å². The van der Waals surface area contributed by atoms with Gasteiger partial charge >= 0.3 is 11.9 Å². The van der Waals surface area contributed by atoms with Crippen LogP contribution in [0.15, 0.2) is 23.8 Å². The van der Waals surface area contributed by atoms with Crippen molar-refractivity contribution in [1.29, 1.82) is 0 Å². The summed E-state index contributed by atoms with van der Waals surface area (Å²) in [5, 5.41) is 18.3. The fourth-order valence-electron chi connectivity index (χ4n) is 1.59. The van der Waals surface area contributed by atoms with Crippen molar-refractivity contribution in [2.24, 2.45) is 11.3 Å². The average molecular weight is 275 g/mol. The highest BCUT2D eigenvalue weighted by molar-refractivity contribution is 9.09. The quantitative estimate of drug-likeness (QED) is 0.768. The Morgan fingerprint density at radius 1 is 1.53 bits per heavy atom. The molecule has 0 spiro atoms. The molecule has 82 valence electrons. The fraction of sp³-hybridized carbons (Fsp3) is 0.400. The Morgan fingerprint density at radius 3 is 2.53 bits per heavy atom. The Balaban J connectivity index is 3.18. The first-order valence-corrected chi connectivity index (χ1v) is 5.47. The van der Waals surface area contributed by atoms with Gasteiger partial charge in [-0.3, -0.25) is 4.79 Å². The first-order valence-electron chi connectivity index (χ1n) is 4.35. The van der Waals surface area contributed by atoms with Crippen molar-refractivity contribution in [2.45, 2.75) is 6.92 Å². The zero-order valence-corrected chi connectivity index (χ0v) is 9.69. The van der Waals surface area contributed by atoms with Gasteiger partial charge in [0.05, 0.1) is 5.41 Å². The molecular formula is C10H11BrO4. The van der Waals surface area contributed by atoms with Crippen LogP contribution in [-0.4, -0.2) is 27.5 Å². The van der Waals surface area contributed by atoms with Gasteiger partial charge < -0.3 is 10.2 Å². The lowest BCUT2D eigenvalue weighted by atomic mass is 9.71. The van der Waals surface area contributed by atoms with Crippen molar-refractivity contribution < 1.29 is 19.8 Å². The number of rotatable bonds is 3. The van der Waals surface area contributed by atoms with E-state index in [-0.39, 0.29) is 5.57 Å². The standard InChI is InChI=1S/C10H11BrO4/c1-10(9(14)15)4-2-3-6(8(12)13)7(10)5-11/h2-4,7H,5H2,1H3,(H,12,13)(H,14,15). The number of hydrogen-bond acceptors (Lipinski definition) is 2. The van der Waals surface area contributed by atoms with E-state index in [4.69, 9.17) is 10.2 Å². The van der Waals surface area contributed by atoms with E-state index in [1.54, 1.807) is 0 Å². The molecule has 2 atom stereocenters. The molecular weight excluding hydrogens is 264 g/mol. The normalized spacial score (nSPS) is 29.7. The summed E-state index contributed by atoms with van der Waals surface area (Å²) in [5.41, 5.74) is -1.04. The third-order valence-corrected chi connectivity index (χ3v) is 3.33. The predicted octanol–water partition coefficient (Wildman–Crippen LogP) is 1.67. The second-order valence-corrected chi connectivity index (χ2v) is 4.23. The summed E-state index contributed by atoms with van der Waals surface area (Å²) >= 11 is 3.16. The summed E-state index contributed by atoms with van der Waals surface area (Å²) < 4.78 is 0. The predicted molar refractivity (Wildman–Crippen MR) is 57.9 cm³/mol. The first kappa shape index (κ1) is 12.0. The molecule has 0 amide bonds. The molecule has 2 unspecified atom stereocenters. The number of hydrogen-bond donors (Lipinski definition) is 2. The van der Waals surface area contributed by atoms with Crippen molar-refractivity contribution >= 4 is 27.9 Å². The van der Waals surface area contributed by atoms with Gasteiger partial charge in [-0.05, 0) is 6.92 Å². The molecule has 2 N–H and O–H groups in total. The summed E-state index contributed by atoms with van der Waals surface area (Å²) in [6.45, 7) is 1.52. The van der Waals surface area contributed by atoms with Crippen LogP contribution in [0, 0.1) is 11.3 Å². The monoisotopic (exact) mass is 274 g/mol. The molecule has 0 aliphatic heterocycles. The van der Waals surface area contributed by atoms with Crippen molar-refractivity contribution in [1.82, 2.24) is 0 Å². The van der Waals surface area contributed by atoms with E-state index < -0.39 is 23.3 Å². The van der Waals surface area contributed by atoms with Gasteiger partial charge in [-0.25, -0.2) is 4.79 Å². The topological polar surface area (TPSA) is 74.6 Å². The van der Waals surface area contributed by atoms with Crippen molar-refractivity contribution in [3.05, 3.63) is 23.8 Å². The maximum atomic E-state index is 11.1. The minimum absolute atomic E-state index is 0.124. The molecule has 0 aromatic rings.